The van der Waals surface area contributed by atoms with Crippen molar-refractivity contribution in [1.82, 2.24) is 10.2 Å². The van der Waals surface area contributed by atoms with E-state index in [-0.39, 0.29) is 10.7 Å². The van der Waals surface area contributed by atoms with Crippen LogP contribution in [0.4, 0.5) is 0 Å². The molecule has 2 bridgehead atoms. The molecule has 0 spiro atoms. The summed E-state index contributed by atoms with van der Waals surface area (Å²) in [4.78, 5) is 14.0. The van der Waals surface area contributed by atoms with Gasteiger partial charge in [0.15, 0.2) is 0 Å². The van der Waals surface area contributed by atoms with Crippen molar-refractivity contribution in [3.05, 3.63) is 0 Å². The van der Waals surface area contributed by atoms with Gasteiger partial charge in [-0.25, -0.2) is 0 Å². The fourth-order valence-corrected chi connectivity index (χ4v) is 2.98. The van der Waals surface area contributed by atoms with Gasteiger partial charge in [-0.1, -0.05) is 15.9 Å². The molecule has 2 fully saturated rings. The fraction of sp³-hybridized carbons (Fsp3) is 0.909. The zero-order valence-electron chi connectivity index (χ0n) is 9.37. The number of carbonyl (C=O) groups is 1. The maximum Gasteiger partial charge on any atom is 0.233 e. The second-order valence-electron chi connectivity index (χ2n) is 4.84. The van der Waals surface area contributed by atoms with Crippen LogP contribution in [0.2, 0.25) is 0 Å². The predicted octanol–water partition coefficient (Wildman–Crippen LogP) is 1.51. The van der Waals surface area contributed by atoms with Gasteiger partial charge in [-0.05, 0) is 39.7 Å². The van der Waals surface area contributed by atoms with Crippen LogP contribution in [0.15, 0.2) is 0 Å². The number of amides is 1. The summed E-state index contributed by atoms with van der Waals surface area (Å²) in [7, 11) is 2.22. The number of piperidine rings is 1. The Morgan fingerprint density at radius 1 is 1.40 bits per heavy atom. The molecule has 2 rings (SSSR count). The molecule has 1 N–H and O–H groups in total. The summed E-state index contributed by atoms with van der Waals surface area (Å²) in [5.41, 5.74) is 0. The minimum absolute atomic E-state index is 0.0743. The summed E-state index contributed by atoms with van der Waals surface area (Å²) >= 11 is 3.30. The Labute approximate surface area is 99.7 Å². The number of hydrogen-bond acceptors (Lipinski definition) is 2. The SMILES string of the molecule is CC(Br)C(=O)NC1CC2CCC(C1)N2C. The number of alkyl halides is 1. The molecule has 0 aliphatic carbocycles. The standard InChI is InChI=1S/C11H19BrN2O/c1-7(12)11(15)13-8-5-9-3-4-10(6-8)14(9)2/h7-10H,3-6H2,1-2H3,(H,13,15). The largest absolute Gasteiger partial charge is 0.352 e. The molecule has 0 aromatic carbocycles. The Kier molecular flexibility index (Phi) is 3.36. The number of rotatable bonds is 2. The maximum absolute atomic E-state index is 11.6. The van der Waals surface area contributed by atoms with E-state index in [4.69, 9.17) is 0 Å². The van der Waals surface area contributed by atoms with Gasteiger partial charge in [-0.3, -0.25) is 4.79 Å². The molecule has 1 amide bonds. The van der Waals surface area contributed by atoms with Crippen LogP contribution < -0.4 is 5.32 Å². The van der Waals surface area contributed by atoms with Crippen molar-refractivity contribution in [2.75, 3.05) is 7.05 Å². The monoisotopic (exact) mass is 274 g/mol. The van der Waals surface area contributed by atoms with Crippen LogP contribution in [-0.2, 0) is 4.79 Å². The second kappa shape index (κ2) is 4.42. The smallest absolute Gasteiger partial charge is 0.233 e. The van der Waals surface area contributed by atoms with Crippen LogP contribution in [0.5, 0.6) is 0 Å². The molecule has 3 atom stereocenters. The Hall–Kier alpha value is -0.0900. The van der Waals surface area contributed by atoms with Crippen molar-refractivity contribution in [3.8, 4) is 0 Å². The van der Waals surface area contributed by atoms with Crippen LogP contribution in [0.25, 0.3) is 0 Å². The first-order chi connectivity index (χ1) is 7.08. The van der Waals surface area contributed by atoms with Gasteiger partial charge in [-0.2, -0.15) is 0 Å². The summed E-state index contributed by atoms with van der Waals surface area (Å²) in [5.74, 6) is 0.129. The van der Waals surface area contributed by atoms with Crippen molar-refractivity contribution >= 4 is 21.8 Å². The molecule has 0 aromatic heterocycles. The van der Waals surface area contributed by atoms with E-state index in [1.165, 1.54) is 12.8 Å². The topological polar surface area (TPSA) is 32.3 Å². The van der Waals surface area contributed by atoms with Crippen molar-refractivity contribution in [2.24, 2.45) is 0 Å². The molecule has 2 aliphatic rings. The van der Waals surface area contributed by atoms with Gasteiger partial charge in [0.05, 0.1) is 4.83 Å². The van der Waals surface area contributed by atoms with Crippen LogP contribution >= 0.6 is 15.9 Å². The molecule has 0 saturated carbocycles. The predicted molar refractivity (Wildman–Crippen MR) is 64.1 cm³/mol. The summed E-state index contributed by atoms with van der Waals surface area (Å²) in [6.45, 7) is 1.87. The second-order valence-corrected chi connectivity index (χ2v) is 6.22. The van der Waals surface area contributed by atoms with Gasteiger partial charge in [0, 0.05) is 18.1 Å². The molecule has 3 nitrogen and oxygen atoms in total. The van der Waals surface area contributed by atoms with Crippen LogP contribution in [0.3, 0.4) is 0 Å². The highest BCUT2D eigenvalue weighted by Gasteiger charge is 2.38. The third kappa shape index (κ3) is 2.36. The van der Waals surface area contributed by atoms with E-state index >= 15 is 0 Å². The third-order valence-corrected chi connectivity index (χ3v) is 4.22. The first kappa shape index (κ1) is 11.4. The van der Waals surface area contributed by atoms with Crippen molar-refractivity contribution in [2.45, 2.75) is 55.6 Å². The lowest BCUT2D eigenvalue weighted by atomic mass is 9.98. The minimum atomic E-state index is -0.0743. The Morgan fingerprint density at radius 3 is 2.40 bits per heavy atom. The van der Waals surface area contributed by atoms with E-state index in [1.54, 1.807) is 0 Å². The molecule has 2 saturated heterocycles. The molecule has 86 valence electrons. The third-order valence-electron chi connectivity index (χ3n) is 3.81. The molecular formula is C11H19BrN2O. The van der Waals surface area contributed by atoms with E-state index in [1.807, 2.05) is 6.92 Å². The number of fused-ring (bicyclic) bond motifs is 2. The number of nitrogens with zero attached hydrogens (tertiary/aromatic N) is 1. The summed E-state index contributed by atoms with van der Waals surface area (Å²) in [6.07, 6.45) is 4.85. The van der Waals surface area contributed by atoms with Gasteiger partial charge < -0.3 is 10.2 Å². The van der Waals surface area contributed by atoms with E-state index < -0.39 is 0 Å². The molecule has 15 heavy (non-hydrogen) atoms. The van der Waals surface area contributed by atoms with Crippen molar-refractivity contribution < 1.29 is 4.79 Å². The first-order valence-electron chi connectivity index (χ1n) is 5.74. The normalized spacial score (nSPS) is 37.7. The number of nitrogens with one attached hydrogen (secondary N) is 1. The minimum Gasteiger partial charge on any atom is -0.352 e. The van der Waals surface area contributed by atoms with Crippen molar-refractivity contribution in [3.63, 3.8) is 0 Å². The van der Waals surface area contributed by atoms with Gasteiger partial charge in [0.25, 0.3) is 0 Å². The molecule has 4 heteroatoms. The lowest BCUT2D eigenvalue weighted by Crippen LogP contribution is -2.49. The number of carbonyl (C=O) groups excluding carboxylic acids is 1. The molecule has 0 aromatic rings. The maximum atomic E-state index is 11.6. The lowest BCUT2D eigenvalue weighted by molar-refractivity contribution is -0.121. The van der Waals surface area contributed by atoms with Crippen LogP contribution in [0.1, 0.15) is 32.6 Å². The Bertz CT molecular complexity index is 243. The van der Waals surface area contributed by atoms with E-state index in [0.29, 0.717) is 18.1 Å². The Morgan fingerprint density at radius 2 is 1.93 bits per heavy atom. The number of hydrogen-bond donors (Lipinski definition) is 1. The highest BCUT2D eigenvalue weighted by molar-refractivity contribution is 9.10. The van der Waals surface area contributed by atoms with Gasteiger partial charge in [-0.15, -0.1) is 0 Å². The van der Waals surface area contributed by atoms with Crippen molar-refractivity contribution in [1.29, 1.82) is 0 Å². The van der Waals surface area contributed by atoms with E-state index in [9.17, 15) is 4.79 Å². The van der Waals surface area contributed by atoms with E-state index in [2.05, 4.69) is 33.2 Å². The average Bonchev–Trinajstić information content (AvgIpc) is 2.41. The summed E-state index contributed by atoms with van der Waals surface area (Å²) in [5, 5.41) is 3.13. The lowest BCUT2D eigenvalue weighted by Gasteiger charge is -2.36. The van der Waals surface area contributed by atoms with Gasteiger partial charge in [0.1, 0.15) is 0 Å². The molecule has 2 aliphatic heterocycles. The quantitative estimate of drug-likeness (QED) is 0.775. The van der Waals surface area contributed by atoms with Crippen LogP contribution in [0, 0.1) is 0 Å². The Balaban J connectivity index is 1.89. The van der Waals surface area contributed by atoms with Gasteiger partial charge in [0.2, 0.25) is 5.91 Å². The highest BCUT2D eigenvalue weighted by Crippen LogP contribution is 2.34. The molecule has 0 radical (unpaired) electrons. The van der Waals surface area contributed by atoms with Gasteiger partial charge >= 0.3 is 0 Å². The zero-order valence-corrected chi connectivity index (χ0v) is 11.0. The van der Waals surface area contributed by atoms with E-state index in [0.717, 1.165) is 12.8 Å². The fourth-order valence-electron chi connectivity index (χ4n) is 2.85. The highest BCUT2D eigenvalue weighted by atomic mass is 79.9. The first-order valence-corrected chi connectivity index (χ1v) is 6.66. The summed E-state index contributed by atoms with van der Waals surface area (Å²) in [6, 6.07) is 1.78. The molecule has 3 unspecified atom stereocenters. The average molecular weight is 275 g/mol. The van der Waals surface area contributed by atoms with Crippen LogP contribution in [-0.4, -0.2) is 40.8 Å². The number of halogens is 1. The zero-order chi connectivity index (χ0) is 11.0. The molecular weight excluding hydrogens is 256 g/mol. The molecule has 2 heterocycles. The summed E-state index contributed by atoms with van der Waals surface area (Å²) < 4.78 is 0.